The van der Waals surface area contributed by atoms with Crippen molar-refractivity contribution in [2.45, 2.75) is 25.9 Å². The predicted molar refractivity (Wildman–Crippen MR) is 126 cm³/mol. The first-order valence-electron chi connectivity index (χ1n) is 10.5. The minimum atomic E-state index is -0.531. The van der Waals surface area contributed by atoms with Gasteiger partial charge < -0.3 is 10.6 Å². The van der Waals surface area contributed by atoms with Crippen molar-refractivity contribution in [1.29, 1.82) is 0 Å². The molecule has 33 heavy (non-hydrogen) atoms. The van der Waals surface area contributed by atoms with Crippen molar-refractivity contribution >= 4 is 34.7 Å². The van der Waals surface area contributed by atoms with Crippen LogP contribution < -0.4 is 15.6 Å². The largest absolute Gasteiger partial charge is 0.346 e. The molecular weight excluding hydrogens is 418 g/mol. The van der Waals surface area contributed by atoms with E-state index in [0.29, 0.717) is 17.8 Å². The Kier molecular flexibility index (Phi) is 6.54. The summed E-state index contributed by atoms with van der Waals surface area (Å²) in [6.45, 7) is 1.79. The number of nitrogens with zero attached hydrogens (tertiary/aromatic N) is 3. The van der Waals surface area contributed by atoms with Gasteiger partial charge in [0.2, 0.25) is 0 Å². The predicted octanol–water partition coefficient (Wildman–Crippen LogP) is 3.17. The summed E-state index contributed by atoms with van der Waals surface area (Å²) in [7, 11) is 0. The normalized spacial score (nSPS) is 15.0. The van der Waals surface area contributed by atoms with Crippen molar-refractivity contribution in [3.63, 3.8) is 0 Å². The molecule has 0 fully saturated rings. The number of carbonyl (C=O) groups is 3. The van der Waals surface area contributed by atoms with E-state index < -0.39 is 11.9 Å². The second-order valence-electron chi connectivity index (χ2n) is 7.60. The van der Waals surface area contributed by atoms with Gasteiger partial charge in [-0.2, -0.15) is 5.10 Å². The van der Waals surface area contributed by atoms with Crippen LogP contribution in [0.3, 0.4) is 0 Å². The average Bonchev–Trinajstić information content (AvgIpc) is 3.30. The van der Waals surface area contributed by atoms with Crippen LogP contribution in [0, 0.1) is 0 Å². The van der Waals surface area contributed by atoms with Gasteiger partial charge in [0.05, 0.1) is 17.9 Å². The maximum Gasteiger partial charge on any atom is 0.271 e. The summed E-state index contributed by atoms with van der Waals surface area (Å²) in [5.74, 6) is -0.760. The van der Waals surface area contributed by atoms with E-state index in [1.165, 1.54) is 6.92 Å². The maximum absolute atomic E-state index is 12.9. The number of carbonyl (C=O) groups excluding carboxylic acids is 3. The number of anilines is 2. The first-order chi connectivity index (χ1) is 16.0. The van der Waals surface area contributed by atoms with Gasteiger partial charge in [0.25, 0.3) is 11.8 Å². The fourth-order valence-electron chi connectivity index (χ4n) is 3.50. The number of hydrogen-bond acceptors (Lipinski definition) is 6. The number of nitrogens with one attached hydrogen (secondary N) is 2. The molecule has 166 valence electrons. The molecule has 8 heteroatoms. The summed E-state index contributed by atoms with van der Waals surface area (Å²) in [5, 5.41) is 11.6. The molecule has 1 aromatic heterocycles. The fraction of sp³-hybridized carbons (Fsp3) is 0.160. The van der Waals surface area contributed by atoms with Gasteiger partial charge in [0.1, 0.15) is 11.8 Å². The number of para-hydroxylation sites is 1. The SMILES string of the molecule is CC(=O)C1CC(C(=O)Nc2cccc(C(=O)NCc3ccccn3)c2)=NN1c1ccccc1. The van der Waals surface area contributed by atoms with Crippen LogP contribution in [0.1, 0.15) is 29.4 Å². The lowest BCUT2D eigenvalue weighted by Gasteiger charge is -2.20. The number of pyridine rings is 1. The first kappa shape index (κ1) is 21.9. The monoisotopic (exact) mass is 441 g/mol. The second-order valence-corrected chi connectivity index (χ2v) is 7.60. The Bertz CT molecular complexity index is 1190. The third kappa shape index (κ3) is 5.30. The molecule has 4 rings (SSSR count). The number of hydrogen-bond donors (Lipinski definition) is 2. The summed E-state index contributed by atoms with van der Waals surface area (Å²) in [5.41, 5.74) is 2.61. The molecule has 2 heterocycles. The third-order valence-corrected chi connectivity index (χ3v) is 5.20. The van der Waals surface area contributed by atoms with E-state index in [1.54, 1.807) is 35.5 Å². The Morgan fingerprint density at radius 2 is 1.76 bits per heavy atom. The van der Waals surface area contributed by atoms with E-state index in [1.807, 2.05) is 48.5 Å². The zero-order valence-corrected chi connectivity index (χ0v) is 18.1. The smallest absolute Gasteiger partial charge is 0.271 e. The van der Waals surface area contributed by atoms with Gasteiger partial charge in [-0.3, -0.25) is 24.4 Å². The van der Waals surface area contributed by atoms with Gasteiger partial charge in [0, 0.05) is 23.9 Å². The van der Waals surface area contributed by atoms with Crippen LogP contribution in [0.4, 0.5) is 11.4 Å². The van der Waals surface area contributed by atoms with E-state index in [0.717, 1.165) is 11.4 Å². The van der Waals surface area contributed by atoms with Gasteiger partial charge >= 0.3 is 0 Å². The van der Waals surface area contributed by atoms with E-state index in [4.69, 9.17) is 0 Å². The molecule has 0 spiro atoms. The van der Waals surface area contributed by atoms with Crippen molar-refractivity contribution in [3.05, 3.63) is 90.3 Å². The van der Waals surface area contributed by atoms with E-state index in [9.17, 15) is 14.4 Å². The summed E-state index contributed by atoms with van der Waals surface area (Å²) in [6, 6.07) is 20.9. The van der Waals surface area contributed by atoms with E-state index in [2.05, 4.69) is 20.7 Å². The first-order valence-corrected chi connectivity index (χ1v) is 10.5. The number of aromatic nitrogens is 1. The third-order valence-electron chi connectivity index (χ3n) is 5.20. The second kappa shape index (κ2) is 9.86. The number of hydrazone groups is 1. The number of Topliss-reactive ketones (excluding diaryl/α,β-unsaturated/α-hetero) is 1. The van der Waals surface area contributed by atoms with Crippen LogP contribution in [0.2, 0.25) is 0 Å². The van der Waals surface area contributed by atoms with Gasteiger partial charge in [-0.25, -0.2) is 0 Å². The number of benzene rings is 2. The van der Waals surface area contributed by atoms with Crippen molar-refractivity contribution in [2.75, 3.05) is 10.3 Å². The molecule has 8 nitrogen and oxygen atoms in total. The minimum Gasteiger partial charge on any atom is -0.346 e. The molecule has 0 aliphatic carbocycles. The quantitative estimate of drug-likeness (QED) is 0.586. The zero-order valence-electron chi connectivity index (χ0n) is 18.1. The maximum atomic E-state index is 12.9. The molecular formula is C25H23N5O3. The molecule has 2 aromatic carbocycles. The molecule has 0 bridgehead atoms. The molecule has 1 atom stereocenters. The summed E-state index contributed by atoms with van der Waals surface area (Å²) in [6.07, 6.45) is 1.87. The van der Waals surface area contributed by atoms with E-state index >= 15 is 0 Å². The van der Waals surface area contributed by atoms with Crippen LogP contribution in [-0.2, 0) is 16.1 Å². The van der Waals surface area contributed by atoms with Crippen LogP contribution in [-0.4, -0.2) is 34.3 Å². The summed E-state index contributed by atoms with van der Waals surface area (Å²) in [4.78, 5) is 41.7. The Hall–Kier alpha value is -4.33. The molecule has 3 aromatic rings. The van der Waals surface area contributed by atoms with Crippen molar-refractivity contribution in [1.82, 2.24) is 10.3 Å². The van der Waals surface area contributed by atoms with Crippen LogP contribution >= 0.6 is 0 Å². The van der Waals surface area contributed by atoms with Gasteiger partial charge in [-0.15, -0.1) is 0 Å². The highest BCUT2D eigenvalue weighted by molar-refractivity contribution is 6.44. The summed E-state index contributed by atoms with van der Waals surface area (Å²) < 4.78 is 0. The Morgan fingerprint density at radius 1 is 0.970 bits per heavy atom. The molecule has 2 N–H and O–H groups in total. The van der Waals surface area contributed by atoms with Crippen LogP contribution in [0.15, 0.2) is 84.1 Å². The fourth-order valence-corrected chi connectivity index (χ4v) is 3.50. The van der Waals surface area contributed by atoms with Crippen LogP contribution in [0.25, 0.3) is 0 Å². The molecule has 1 aliphatic heterocycles. The molecule has 1 unspecified atom stereocenters. The van der Waals surface area contributed by atoms with Gasteiger partial charge in [0.15, 0.2) is 5.78 Å². The zero-order chi connectivity index (χ0) is 23.2. The topological polar surface area (TPSA) is 104 Å². The summed E-state index contributed by atoms with van der Waals surface area (Å²) >= 11 is 0. The lowest BCUT2D eigenvalue weighted by molar-refractivity contribution is -0.118. The van der Waals surface area contributed by atoms with Crippen molar-refractivity contribution < 1.29 is 14.4 Å². The molecule has 1 aliphatic rings. The van der Waals surface area contributed by atoms with Crippen molar-refractivity contribution in [2.24, 2.45) is 5.10 Å². The minimum absolute atomic E-state index is 0.0722. The van der Waals surface area contributed by atoms with Gasteiger partial charge in [-0.05, 0) is 49.4 Å². The molecule has 0 radical (unpaired) electrons. The standard InChI is InChI=1S/C25H23N5O3/c1-17(31)23-15-22(29-30(23)21-11-3-2-4-12-21)25(33)28-19-10-7-8-18(14-19)24(32)27-16-20-9-5-6-13-26-20/h2-14,23H,15-16H2,1H3,(H,27,32)(H,28,33). The number of ketones is 1. The molecule has 2 amide bonds. The highest BCUT2D eigenvalue weighted by Gasteiger charge is 2.34. The number of amides is 2. The molecule has 0 saturated heterocycles. The lowest BCUT2D eigenvalue weighted by atomic mass is 10.1. The Morgan fingerprint density at radius 3 is 2.48 bits per heavy atom. The van der Waals surface area contributed by atoms with Crippen LogP contribution in [0.5, 0.6) is 0 Å². The van der Waals surface area contributed by atoms with Crippen molar-refractivity contribution in [3.8, 4) is 0 Å². The Balaban J connectivity index is 1.44. The average molecular weight is 441 g/mol. The van der Waals surface area contributed by atoms with Gasteiger partial charge in [-0.1, -0.05) is 30.3 Å². The lowest BCUT2D eigenvalue weighted by Crippen LogP contribution is -2.33. The number of rotatable bonds is 7. The van der Waals surface area contributed by atoms with E-state index in [-0.39, 0.29) is 23.8 Å². The molecule has 0 saturated carbocycles. The highest BCUT2D eigenvalue weighted by Crippen LogP contribution is 2.25. The Labute approximate surface area is 191 Å². The highest BCUT2D eigenvalue weighted by atomic mass is 16.2.